The van der Waals surface area contributed by atoms with Crippen molar-refractivity contribution in [2.24, 2.45) is 0 Å². The fourth-order valence-corrected chi connectivity index (χ4v) is 3.79. The molecule has 0 aliphatic carbocycles. The number of carbonyl (C=O) groups excluding carboxylic acids is 2. The van der Waals surface area contributed by atoms with Gasteiger partial charge in [-0.2, -0.15) is 0 Å². The van der Waals surface area contributed by atoms with Gasteiger partial charge in [-0.05, 0) is 65.5 Å². The molecule has 0 unspecified atom stereocenters. The predicted octanol–water partition coefficient (Wildman–Crippen LogP) is 3.98. The normalized spacial score (nSPS) is 13.4. The molecule has 1 heterocycles. The molecular formula is C19H18BrNO3. The number of ketones is 1. The Kier molecular flexibility index (Phi) is 4.45. The molecular weight excluding hydrogens is 370 g/mol. The van der Waals surface area contributed by atoms with Gasteiger partial charge < -0.3 is 9.64 Å². The topological polar surface area (TPSA) is 46.6 Å². The summed E-state index contributed by atoms with van der Waals surface area (Å²) in [5.41, 5.74) is 4.14. The summed E-state index contributed by atoms with van der Waals surface area (Å²) in [7, 11) is 0. The van der Waals surface area contributed by atoms with E-state index in [0.717, 1.165) is 26.9 Å². The molecule has 0 aromatic heterocycles. The summed E-state index contributed by atoms with van der Waals surface area (Å²) >= 11 is 3.47. The van der Waals surface area contributed by atoms with Crippen molar-refractivity contribution in [3.8, 4) is 5.75 Å². The second kappa shape index (κ2) is 6.40. The van der Waals surface area contributed by atoms with Crippen molar-refractivity contribution < 1.29 is 14.3 Å². The maximum atomic E-state index is 12.3. The number of anilines is 1. The highest BCUT2D eigenvalue weighted by Crippen LogP contribution is 2.37. The van der Waals surface area contributed by atoms with Crippen LogP contribution in [0, 0.1) is 20.8 Å². The van der Waals surface area contributed by atoms with Gasteiger partial charge in [0.2, 0.25) is 0 Å². The van der Waals surface area contributed by atoms with E-state index in [-0.39, 0.29) is 0 Å². The zero-order chi connectivity index (χ0) is 17.4. The monoisotopic (exact) mass is 387 g/mol. The highest BCUT2D eigenvalue weighted by Gasteiger charge is 2.37. The highest BCUT2D eigenvalue weighted by atomic mass is 79.9. The number of aryl methyl sites for hydroxylation is 3. The number of ether oxygens (including phenoxy) is 1. The van der Waals surface area contributed by atoms with Crippen molar-refractivity contribution in [2.45, 2.75) is 20.8 Å². The van der Waals surface area contributed by atoms with E-state index in [1.54, 1.807) is 6.07 Å². The van der Waals surface area contributed by atoms with Crippen molar-refractivity contribution in [1.82, 2.24) is 0 Å². The molecule has 124 valence electrons. The summed E-state index contributed by atoms with van der Waals surface area (Å²) in [6, 6.07) is 9.62. The van der Waals surface area contributed by atoms with E-state index < -0.39 is 11.7 Å². The lowest BCUT2D eigenvalue weighted by molar-refractivity contribution is -0.114. The lowest BCUT2D eigenvalue weighted by Crippen LogP contribution is -2.33. The van der Waals surface area contributed by atoms with E-state index in [1.807, 2.05) is 45.0 Å². The second-order valence-corrected chi connectivity index (χ2v) is 6.85. The van der Waals surface area contributed by atoms with Gasteiger partial charge in [-0.25, -0.2) is 0 Å². The maximum absolute atomic E-state index is 12.3. The minimum atomic E-state index is -0.499. The van der Waals surface area contributed by atoms with Crippen molar-refractivity contribution in [3.63, 3.8) is 0 Å². The third-order valence-corrected chi connectivity index (χ3v) is 4.74. The van der Waals surface area contributed by atoms with E-state index in [9.17, 15) is 9.59 Å². The number of amides is 1. The third-order valence-electron chi connectivity index (χ3n) is 4.13. The smallest absolute Gasteiger partial charge is 0.299 e. The van der Waals surface area contributed by atoms with Crippen molar-refractivity contribution in [1.29, 1.82) is 0 Å². The number of hydrogen-bond acceptors (Lipinski definition) is 3. The minimum Gasteiger partial charge on any atom is -0.491 e. The van der Waals surface area contributed by atoms with Crippen LogP contribution in [-0.4, -0.2) is 24.8 Å². The Morgan fingerprint density at radius 3 is 2.42 bits per heavy atom. The molecule has 0 saturated carbocycles. The molecule has 1 aliphatic heterocycles. The summed E-state index contributed by atoms with van der Waals surface area (Å²) < 4.78 is 6.62. The Morgan fingerprint density at radius 1 is 1.08 bits per heavy atom. The molecule has 1 amide bonds. The second-order valence-electron chi connectivity index (χ2n) is 6.00. The summed E-state index contributed by atoms with van der Waals surface area (Å²) in [6.45, 7) is 6.52. The number of halogens is 1. The molecule has 0 radical (unpaired) electrons. The van der Waals surface area contributed by atoms with E-state index >= 15 is 0 Å². The number of carbonyl (C=O) groups is 2. The number of hydrogen-bond donors (Lipinski definition) is 0. The first-order valence-corrected chi connectivity index (χ1v) is 8.55. The Bertz CT molecular complexity index is 824. The fraction of sp³-hybridized carbons (Fsp3) is 0.263. The van der Waals surface area contributed by atoms with E-state index in [2.05, 4.69) is 15.9 Å². The van der Waals surface area contributed by atoms with Crippen LogP contribution in [0.3, 0.4) is 0 Å². The van der Waals surface area contributed by atoms with Crippen LogP contribution in [0.2, 0.25) is 0 Å². The molecule has 0 N–H and O–H groups in total. The predicted molar refractivity (Wildman–Crippen MR) is 97.0 cm³/mol. The minimum absolute atomic E-state index is 0.324. The molecule has 0 saturated heterocycles. The van der Waals surface area contributed by atoms with Crippen LogP contribution >= 0.6 is 15.9 Å². The van der Waals surface area contributed by atoms with Crippen molar-refractivity contribution >= 4 is 33.3 Å². The molecule has 0 atom stereocenters. The van der Waals surface area contributed by atoms with E-state index in [0.29, 0.717) is 24.4 Å². The molecule has 0 spiro atoms. The standard InChI is InChI=1S/C19H18BrNO3/c1-11-9-14-16(15(20)10-11)21(19(23)17(14)22)7-8-24-18-12(2)5-4-6-13(18)3/h4-6,9-10H,7-8H2,1-3H3. The van der Waals surface area contributed by atoms with E-state index in [4.69, 9.17) is 4.74 Å². The molecule has 1 aliphatic rings. The quantitative estimate of drug-likeness (QED) is 0.745. The van der Waals surface area contributed by atoms with Crippen LogP contribution in [0.15, 0.2) is 34.8 Å². The summed E-state index contributed by atoms with van der Waals surface area (Å²) in [6.07, 6.45) is 0. The fourth-order valence-electron chi connectivity index (χ4n) is 3.00. The molecule has 0 fully saturated rings. The largest absolute Gasteiger partial charge is 0.491 e. The van der Waals surface area contributed by atoms with Crippen LogP contribution in [0.5, 0.6) is 5.75 Å². The molecule has 4 nitrogen and oxygen atoms in total. The van der Waals surface area contributed by atoms with Gasteiger partial charge in [0, 0.05) is 4.47 Å². The van der Waals surface area contributed by atoms with Crippen molar-refractivity contribution in [2.75, 3.05) is 18.1 Å². The third kappa shape index (κ3) is 2.84. The lowest BCUT2D eigenvalue weighted by Gasteiger charge is -2.19. The maximum Gasteiger partial charge on any atom is 0.299 e. The Balaban J connectivity index is 1.80. The van der Waals surface area contributed by atoms with Gasteiger partial charge in [0.1, 0.15) is 12.4 Å². The van der Waals surface area contributed by atoms with Crippen LogP contribution < -0.4 is 9.64 Å². The number of rotatable bonds is 4. The van der Waals surface area contributed by atoms with Gasteiger partial charge >= 0.3 is 0 Å². The molecule has 2 aromatic rings. The van der Waals surface area contributed by atoms with Gasteiger partial charge in [0.05, 0.1) is 17.8 Å². The Hall–Kier alpha value is -2.14. The van der Waals surface area contributed by atoms with Gasteiger partial charge in [0.15, 0.2) is 0 Å². The van der Waals surface area contributed by atoms with E-state index in [1.165, 1.54) is 4.90 Å². The van der Waals surface area contributed by atoms with Gasteiger partial charge in [-0.15, -0.1) is 0 Å². The first-order valence-electron chi connectivity index (χ1n) is 7.75. The molecule has 5 heteroatoms. The van der Waals surface area contributed by atoms with Crippen LogP contribution in [0.4, 0.5) is 5.69 Å². The Morgan fingerprint density at radius 2 is 1.75 bits per heavy atom. The lowest BCUT2D eigenvalue weighted by atomic mass is 10.1. The SMILES string of the molecule is Cc1cc(Br)c2c(c1)C(=O)C(=O)N2CCOc1c(C)cccc1C. The van der Waals surface area contributed by atoms with Crippen LogP contribution in [0.1, 0.15) is 27.0 Å². The highest BCUT2D eigenvalue weighted by molar-refractivity contribution is 9.10. The number of para-hydroxylation sites is 1. The van der Waals surface area contributed by atoms with Crippen LogP contribution in [0.25, 0.3) is 0 Å². The Labute approximate surface area is 149 Å². The average molecular weight is 388 g/mol. The van der Waals surface area contributed by atoms with Gasteiger partial charge in [0.25, 0.3) is 11.7 Å². The average Bonchev–Trinajstić information content (AvgIpc) is 2.75. The zero-order valence-electron chi connectivity index (χ0n) is 13.9. The number of fused-ring (bicyclic) bond motifs is 1. The molecule has 24 heavy (non-hydrogen) atoms. The first-order chi connectivity index (χ1) is 11.4. The van der Waals surface area contributed by atoms with Crippen molar-refractivity contribution in [3.05, 3.63) is 57.1 Å². The first kappa shape index (κ1) is 16.7. The number of benzene rings is 2. The number of nitrogens with zero attached hydrogens (tertiary/aromatic N) is 1. The van der Waals surface area contributed by atoms with Gasteiger partial charge in [-0.3, -0.25) is 9.59 Å². The summed E-state index contributed by atoms with van der Waals surface area (Å²) in [4.78, 5) is 26.0. The molecule has 0 bridgehead atoms. The molecule has 2 aromatic carbocycles. The summed E-state index contributed by atoms with van der Waals surface area (Å²) in [5, 5.41) is 0. The number of Topliss-reactive ketones (excluding diaryl/α,β-unsaturated/α-hetero) is 1. The van der Waals surface area contributed by atoms with Crippen LogP contribution in [-0.2, 0) is 4.79 Å². The van der Waals surface area contributed by atoms with Gasteiger partial charge in [-0.1, -0.05) is 18.2 Å². The summed E-state index contributed by atoms with van der Waals surface area (Å²) in [5.74, 6) is -0.124. The zero-order valence-corrected chi connectivity index (χ0v) is 15.4. The molecule has 3 rings (SSSR count).